The average Bonchev–Trinajstić information content (AvgIpc) is 3.73. The highest BCUT2D eigenvalue weighted by Crippen LogP contribution is 2.56. The first-order valence-corrected chi connectivity index (χ1v) is 18.7. The Morgan fingerprint density at radius 1 is 0.660 bits per heavy atom. The zero-order chi connectivity index (χ0) is 33.0. The van der Waals surface area contributed by atoms with Crippen molar-refractivity contribution in [2.45, 2.75) is 30.1 Å². The molecule has 0 amide bonds. The number of rotatable bonds is 5. The third kappa shape index (κ3) is 5.13. The summed E-state index contributed by atoms with van der Waals surface area (Å²) in [4.78, 5) is 14.4. The number of aromatic nitrogens is 2. The van der Waals surface area contributed by atoms with Crippen molar-refractivity contribution in [2.75, 3.05) is 4.90 Å². The van der Waals surface area contributed by atoms with Gasteiger partial charge in [0.15, 0.2) is 5.82 Å². The Morgan fingerprint density at radius 3 is 2.08 bits per heavy atom. The third-order valence-electron chi connectivity index (χ3n) is 11.2. The smallest absolute Gasteiger partial charge is 0.160 e. The van der Waals surface area contributed by atoms with Crippen molar-refractivity contribution in [3.8, 4) is 22.5 Å². The minimum Gasteiger partial charge on any atom is -0.334 e. The fourth-order valence-electron chi connectivity index (χ4n) is 8.81. The quantitative estimate of drug-likeness (QED) is 0.175. The highest BCUT2D eigenvalue weighted by molar-refractivity contribution is 8.04. The number of benzene rings is 4. The number of thioether (sulfide) groups is 1. The standard InChI is InChI=1S/C46H37N3S/c1-4-12-30(13-5-1)40-29-41(31-14-6-2-7-15-31)48-46(47-40)34-22-25-45-39(28-34)38-27-33(21-24-44(38)50-45)32-20-23-43-37(26-32)36-18-10-11-19-42(36)49(43)35-16-8-3-9-17-35/h1-25,28-29,32,37-39,43,45H,26-27H2. The number of allylic oxidation sites excluding steroid dienone is 8. The van der Waals surface area contributed by atoms with E-state index in [0.717, 1.165) is 46.8 Å². The lowest BCUT2D eigenvalue weighted by Crippen LogP contribution is -2.32. The molecule has 6 atom stereocenters. The molecule has 5 aliphatic rings. The molecule has 0 radical (unpaired) electrons. The summed E-state index contributed by atoms with van der Waals surface area (Å²) in [5.41, 5.74) is 10.9. The molecular formula is C46H37N3S. The summed E-state index contributed by atoms with van der Waals surface area (Å²) >= 11 is 2.05. The predicted octanol–water partition coefficient (Wildman–Crippen LogP) is 11.2. The molecule has 5 aromatic rings. The van der Waals surface area contributed by atoms with Gasteiger partial charge in [-0.25, -0.2) is 9.97 Å². The molecule has 0 N–H and O–H groups in total. The van der Waals surface area contributed by atoms with Crippen LogP contribution in [-0.4, -0.2) is 21.3 Å². The molecule has 10 rings (SSSR count). The Morgan fingerprint density at radius 2 is 1.34 bits per heavy atom. The molecule has 0 spiro atoms. The molecule has 1 saturated heterocycles. The van der Waals surface area contributed by atoms with Gasteiger partial charge in [0.25, 0.3) is 0 Å². The normalized spacial score (nSPS) is 25.9. The van der Waals surface area contributed by atoms with Crippen molar-refractivity contribution >= 4 is 28.7 Å². The molecule has 0 bridgehead atoms. The number of hydrogen-bond donors (Lipinski definition) is 0. The largest absolute Gasteiger partial charge is 0.334 e. The average molecular weight is 664 g/mol. The summed E-state index contributed by atoms with van der Waals surface area (Å²) in [5.74, 6) is 2.64. The molecule has 3 heterocycles. The molecule has 4 aromatic carbocycles. The lowest BCUT2D eigenvalue weighted by atomic mass is 9.72. The van der Waals surface area contributed by atoms with Gasteiger partial charge in [0.05, 0.1) is 17.4 Å². The summed E-state index contributed by atoms with van der Waals surface area (Å²) in [6, 6.07) is 43.4. The first-order chi connectivity index (χ1) is 24.8. The van der Waals surface area contributed by atoms with E-state index in [1.165, 1.54) is 21.8 Å². The maximum absolute atomic E-state index is 5.16. The molecule has 50 heavy (non-hydrogen) atoms. The van der Waals surface area contributed by atoms with Gasteiger partial charge in [0.2, 0.25) is 0 Å². The Bertz CT molecular complexity index is 2180. The number of hydrogen-bond acceptors (Lipinski definition) is 4. The van der Waals surface area contributed by atoms with E-state index >= 15 is 0 Å². The molecule has 3 aliphatic carbocycles. The molecular weight excluding hydrogens is 627 g/mol. The first kappa shape index (κ1) is 29.7. The second-order valence-electron chi connectivity index (χ2n) is 14.0. The van der Waals surface area contributed by atoms with Crippen LogP contribution in [0.25, 0.3) is 28.1 Å². The van der Waals surface area contributed by atoms with Crippen LogP contribution in [-0.2, 0) is 0 Å². The van der Waals surface area contributed by atoms with Gasteiger partial charge < -0.3 is 4.90 Å². The van der Waals surface area contributed by atoms with E-state index in [1.54, 1.807) is 5.57 Å². The van der Waals surface area contributed by atoms with Crippen molar-refractivity contribution in [1.29, 1.82) is 0 Å². The second-order valence-corrected chi connectivity index (χ2v) is 15.3. The van der Waals surface area contributed by atoms with E-state index in [4.69, 9.17) is 9.97 Å². The van der Waals surface area contributed by atoms with Crippen LogP contribution in [0.3, 0.4) is 0 Å². The summed E-state index contributed by atoms with van der Waals surface area (Å²) < 4.78 is 0. The van der Waals surface area contributed by atoms with Crippen LogP contribution >= 0.6 is 11.8 Å². The van der Waals surface area contributed by atoms with Crippen LogP contribution in [0.15, 0.2) is 174 Å². The van der Waals surface area contributed by atoms with E-state index in [-0.39, 0.29) is 0 Å². The zero-order valence-corrected chi connectivity index (χ0v) is 28.5. The number of fused-ring (bicyclic) bond motifs is 6. The predicted molar refractivity (Wildman–Crippen MR) is 208 cm³/mol. The van der Waals surface area contributed by atoms with Crippen molar-refractivity contribution in [3.05, 3.63) is 186 Å². The fraction of sp³-hybridized carbons (Fsp3) is 0.174. The molecule has 1 fully saturated rings. The van der Waals surface area contributed by atoms with E-state index in [2.05, 4.69) is 169 Å². The van der Waals surface area contributed by atoms with Crippen molar-refractivity contribution in [2.24, 2.45) is 17.8 Å². The van der Waals surface area contributed by atoms with Gasteiger partial charge >= 0.3 is 0 Å². The summed E-state index contributed by atoms with van der Waals surface area (Å²) in [5, 5.41) is 0.445. The molecule has 4 heteroatoms. The third-order valence-corrected chi connectivity index (χ3v) is 12.7. The van der Waals surface area contributed by atoms with Crippen LogP contribution < -0.4 is 4.90 Å². The molecule has 1 aromatic heterocycles. The summed E-state index contributed by atoms with van der Waals surface area (Å²) in [7, 11) is 0. The van der Waals surface area contributed by atoms with Gasteiger partial charge in [-0.3, -0.25) is 0 Å². The lowest BCUT2D eigenvalue weighted by Gasteiger charge is -2.35. The van der Waals surface area contributed by atoms with Gasteiger partial charge in [-0.1, -0.05) is 145 Å². The number of para-hydroxylation sites is 2. The van der Waals surface area contributed by atoms with Crippen LogP contribution in [0.4, 0.5) is 11.4 Å². The van der Waals surface area contributed by atoms with E-state index in [9.17, 15) is 0 Å². The molecule has 2 aliphatic heterocycles. The van der Waals surface area contributed by atoms with E-state index in [1.807, 2.05) is 11.8 Å². The molecule has 3 nitrogen and oxygen atoms in total. The fourth-order valence-corrected chi connectivity index (χ4v) is 10.3. The highest BCUT2D eigenvalue weighted by Gasteiger charge is 2.44. The van der Waals surface area contributed by atoms with Crippen molar-refractivity contribution in [3.63, 3.8) is 0 Å². The monoisotopic (exact) mass is 663 g/mol. The number of anilines is 2. The highest BCUT2D eigenvalue weighted by atomic mass is 32.2. The van der Waals surface area contributed by atoms with E-state index in [0.29, 0.717) is 35.0 Å². The van der Waals surface area contributed by atoms with Gasteiger partial charge in [-0.15, -0.1) is 11.8 Å². The van der Waals surface area contributed by atoms with Crippen LogP contribution in [0.2, 0.25) is 0 Å². The topological polar surface area (TPSA) is 29.0 Å². The zero-order valence-electron chi connectivity index (χ0n) is 27.7. The molecule has 242 valence electrons. The molecule has 6 unspecified atom stereocenters. The van der Waals surface area contributed by atoms with E-state index < -0.39 is 0 Å². The van der Waals surface area contributed by atoms with Gasteiger partial charge in [-0.05, 0) is 53.5 Å². The van der Waals surface area contributed by atoms with Crippen molar-refractivity contribution < 1.29 is 0 Å². The molecule has 0 saturated carbocycles. The minimum atomic E-state index is 0.356. The number of nitrogens with zero attached hydrogens (tertiary/aromatic N) is 3. The Labute approximate surface area is 298 Å². The summed E-state index contributed by atoms with van der Waals surface area (Å²) in [6.45, 7) is 0. The first-order valence-electron chi connectivity index (χ1n) is 17.9. The van der Waals surface area contributed by atoms with Crippen molar-refractivity contribution in [1.82, 2.24) is 9.97 Å². The maximum Gasteiger partial charge on any atom is 0.160 e. The SMILES string of the molecule is C1=CC2SC3=CC=C(C4C=CC5C(C4)c4ccccc4N5c4ccccc4)CC3C2C=C1c1nc(-c2ccccc2)cc(-c2ccccc2)n1. The van der Waals surface area contributed by atoms with Crippen LogP contribution in [0.5, 0.6) is 0 Å². The minimum absolute atomic E-state index is 0.356. The Kier molecular flexibility index (Phi) is 7.30. The van der Waals surface area contributed by atoms with Gasteiger partial charge in [-0.2, -0.15) is 0 Å². The Hall–Kier alpha value is -5.19. The second kappa shape index (κ2) is 12.3. The maximum atomic E-state index is 5.16. The lowest BCUT2D eigenvalue weighted by molar-refractivity contribution is 0.443. The summed E-state index contributed by atoms with van der Waals surface area (Å²) in [6.07, 6.45) is 19.3. The Balaban J connectivity index is 0.945. The van der Waals surface area contributed by atoms with Gasteiger partial charge in [0, 0.05) is 51.1 Å². The van der Waals surface area contributed by atoms with Crippen LogP contribution in [0.1, 0.15) is 30.1 Å². The van der Waals surface area contributed by atoms with Crippen LogP contribution in [0, 0.1) is 17.8 Å². The van der Waals surface area contributed by atoms with Gasteiger partial charge in [0.1, 0.15) is 0 Å².